The van der Waals surface area contributed by atoms with Crippen LogP contribution in [-0.2, 0) is 17.9 Å². The fourth-order valence-electron chi connectivity index (χ4n) is 3.67. The van der Waals surface area contributed by atoms with E-state index in [1.54, 1.807) is 0 Å². The number of unbranched alkanes of at least 4 members (excludes halogenated alkanes) is 1. The number of ether oxygens (including phenoxy) is 2. The van der Waals surface area contributed by atoms with E-state index in [4.69, 9.17) is 26.1 Å². The fourth-order valence-corrected chi connectivity index (χ4v) is 3.79. The molecule has 0 saturated carbocycles. The van der Waals surface area contributed by atoms with E-state index in [1.165, 1.54) is 0 Å². The molecule has 34 heavy (non-hydrogen) atoms. The molecule has 0 aliphatic carbocycles. The van der Waals surface area contributed by atoms with Gasteiger partial charge in [-0.1, -0.05) is 41.9 Å². The number of carbonyl (C=O) groups excluding carboxylic acids is 1. The van der Waals surface area contributed by atoms with Gasteiger partial charge in [-0.15, -0.1) is 0 Å². The van der Waals surface area contributed by atoms with Crippen LogP contribution in [-0.4, -0.2) is 28.7 Å². The minimum atomic E-state index is -0.186. The Bertz CT molecular complexity index is 1240. The summed E-state index contributed by atoms with van der Waals surface area (Å²) in [7, 11) is 0. The van der Waals surface area contributed by atoms with Crippen LogP contribution >= 0.6 is 11.6 Å². The molecule has 1 aromatic heterocycles. The number of benzene rings is 3. The van der Waals surface area contributed by atoms with E-state index in [0.717, 1.165) is 52.6 Å². The Labute approximate surface area is 204 Å². The molecular formula is C27H28ClN3O3. The second-order valence-corrected chi connectivity index (χ2v) is 8.42. The van der Waals surface area contributed by atoms with E-state index < -0.39 is 0 Å². The monoisotopic (exact) mass is 477 g/mol. The second kappa shape index (κ2) is 11.6. The van der Waals surface area contributed by atoms with Gasteiger partial charge in [0.15, 0.2) is 6.61 Å². The van der Waals surface area contributed by atoms with Crippen molar-refractivity contribution in [2.45, 2.75) is 32.9 Å². The van der Waals surface area contributed by atoms with Crippen molar-refractivity contribution < 1.29 is 14.3 Å². The third-order valence-corrected chi connectivity index (χ3v) is 5.89. The van der Waals surface area contributed by atoms with Crippen LogP contribution in [0.5, 0.6) is 11.5 Å². The summed E-state index contributed by atoms with van der Waals surface area (Å²) in [5.41, 5.74) is 2.98. The Morgan fingerprint density at radius 1 is 0.971 bits per heavy atom. The molecule has 1 heterocycles. The molecule has 4 aromatic rings. The molecule has 176 valence electrons. The van der Waals surface area contributed by atoms with Crippen molar-refractivity contribution in [3.63, 3.8) is 0 Å². The molecule has 0 aliphatic rings. The molecular weight excluding hydrogens is 450 g/mol. The minimum absolute atomic E-state index is 0.0360. The summed E-state index contributed by atoms with van der Waals surface area (Å²) in [6, 6.07) is 23.0. The first-order chi connectivity index (χ1) is 16.6. The van der Waals surface area contributed by atoms with Crippen LogP contribution in [0.15, 0.2) is 72.8 Å². The Kier molecular flexibility index (Phi) is 8.04. The van der Waals surface area contributed by atoms with E-state index in [2.05, 4.69) is 16.0 Å². The number of aryl methyl sites for hydroxylation is 2. The number of hydrogen-bond acceptors (Lipinski definition) is 4. The molecule has 4 rings (SSSR count). The molecule has 0 fully saturated rings. The number of hydrogen-bond donors (Lipinski definition) is 1. The molecule has 0 unspecified atom stereocenters. The molecule has 3 aromatic carbocycles. The van der Waals surface area contributed by atoms with E-state index >= 15 is 0 Å². The molecule has 0 radical (unpaired) electrons. The third-order valence-electron chi connectivity index (χ3n) is 5.46. The first kappa shape index (κ1) is 23.6. The van der Waals surface area contributed by atoms with Gasteiger partial charge in [-0.3, -0.25) is 4.79 Å². The van der Waals surface area contributed by atoms with Crippen LogP contribution in [0.4, 0.5) is 0 Å². The van der Waals surface area contributed by atoms with Gasteiger partial charge < -0.3 is 19.4 Å². The van der Waals surface area contributed by atoms with E-state index in [1.807, 2.05) is 73.7 Å². The average molecular weight is 478 g/mol. The lowest BCUT2D eigenvalue weighted by molar-refractivity contribution is -0.123. The standard InChI is InChI=1S/C27H28ClN3O3/c1-20-17-22(13-14-23(20)28)33-16-8-7-15-31-25-12-6-5-11-24(25)30-26(31)18-29-27(32)19-34-21-9-3-2-4-10-21/h2-6,9-14,17H,7-8,15-16,18-19H2,1H3,(H,29,32). The summed E-state index contributed by atoms with van der Waals surface area (Å²) in [4.78, 5) is 17.0. The lowest BCUT2D eigenvalue weighted by Gasteiger charge is -2.12. The van der Waals surface area contributed by atoms with Gasteiger partial charge in [-0.2, -0.15) is 0 Å². The maximum Gasteiger partial charge on any atom is 0.258 e. The predicted octanol–water partition coefficient (Wildman–Crippen LogP) is 5.55. The topological polar surface area (TPSA) is 65.4 Å². The van der Waals surface area contributed by atoms with Crippen molar-refractivity contribution >= 4 is 28.5 Å². The SMILES string of the molecule is Cc1cc(OCCCCn2c(CNC(=O)COc3ccccc3)nc3ccccc32)ccc1Cl. The molecule has 6 nitrogen and oxygen atoms in total. The van der Waals surface area contributed by atoms with Crippen LogP contribution in [0.3, 0.4) is 0 Å². The number of para-hydroxylation sites is 3. The normalized spacial score (nSPS) is 10.9. The van der Waals surface area contributed by atoms with E-state index in [0.29, 0.717) is 18.9 Å². The van der Waals surface area contributed by atoms with Crippen molar-refractivity contribution in [3.05, 3.63) is 89.2 Å². The molecule has 0 bridgehead atoms. The van der Waals surface area contributed by atoms with Crippen molar-refractivity contribution in [2.24, 2.45) is 0 Å². The van der Waals surface area contributed by atoms with E-state index in [-0.39, 0.29) is 12.5 Å². The third kappa shape index (κ3) is 6.29. The summed E-state index contributed by atoms with van der Waals surface area (Å²) in [5.74, 6) is 2.13. The molecule has 0 aliphatic heterocycles. The van der Waals surface area contributed by atoms with Crippen LogP contribution in [0.2, 0.25) is 5.02 Å². The van der Waals surface area contributed by atoms with Crippen molar-refractivity contribution in [2.75, 3.05) is 13.2 Å². The van der Waals surface area contributed by atoms with Crippen LogP contribution in [0, 0.1) is 6.92 Å². The zero-order chi connectivity index (χ0) is 23.8. The first-order valence-electron chi connectivity index (χ1n) is 11.4. The van der Waals surface area contributed by atoms with Gasteiger partial charge in [-0.05, 0) is 67.8 Å². The van der Waals surface area contributed by atoms with Gasteiger partial charge >= 0.3 is 0 Å². The zero-order valence-electron chi connectivity index (χ0n) is 19.2. The lowest BCUT2D eigenvalue weighted by Crippen LogP contribution is -2.29. The molecule has 0 spiro atoms. The summed E-state index contributed by atoms with van der Waals surface area (Å²) in [6.45, 7) is 3.68. The number of imidazole rings is 1. The lowest BCUT2D eigenvalue weighted by atomic mass is 10.2. The van der Waals surface area contributed by atoms with Crippen LogP contribution in [0.25, 0.3) is 11.0 Å². The van der Waals surface area contributed by atoms with Crippen LogP contribution < -0.4 is 14.8 Å². The Balaban J connectivity index is 1.30. The van der Waals surface area contributed by atoms with Crippen LogP contribution in [0.1, 0.15) is 24.2 Å². The fraction of sp³-hybridized carbons (Fsp3) is 0.259. The Morgan fingerprint density at radius 3 is 2.59 bits per heavy atom. The van der Waals surface area contributed by atoms with Gasteiger partial charge in [-0.25, -0.2) is 4.98 Å². The number of aromatic nitrogens is 2. The van der Waals surface area contributed by atoms with Gasteiger partial charge in [0.1, 0.15) is 17.3 Å². The second-order valence-electron chi connectivity index (χ2n) is 8.01. The summed E-state index contributed by atoms with van der Waals surface area (Å²) >= 11 is 6.08. The van der Waals surface area contributed by atoms with Gasteiger partial charge in [0.05, 0.1) is 24.2 Å². The highest BCUT2D eigenvalue weighted by Gasteiger charge is 2.12. The summed E-state index contributed by atoms with van der Waals surface area (Å²) < 4.78 is 13.6. The summed E-state index contributed by atoms with van der Waals surface area (Å²) in [5, 5.41) is 3.66. The maximum absolute atomic E-state index is 12.3. The molecule has 1 amide bonds. The zero-order valence-corrected chi connectivity index (χ0v) is 19.9. The number of nitrogens with one attached hydrogen (secondary N) is 1. The number of halogens is 1. The maximum atomic E-state index is 12.3. The van der Waals surface area contributed by atoms with Gasteiger partial charge in [0, 0.05) is 11.6 Å². The smallest absolute Gasteiger partial charge is 0.258 e. The van der Waals surface area contributed by atoms with Crippen molar-refractivity contribution in [1.82, 2.24) is 14.9 Å². The van der Waals surface area contributed by atoms with Crippen molar-refractivity contribution in [1.29, 1.82) is 0 Å². The van der Waals surface area contributed by atoms with Gasteiger partial charge in [0.25, 0.3) is 5.91 Å². The highest BCUT2D eigenvalue weighted by Crippen LogP contribution is 2.21. The number of fused-ring (bicyclic) bond motifs is 1. The molecule has 1 N–H and O–H groups in total. The number of nitrogens with zero attached hydrogens (tertiary/aromatic N) is 2. The predicted molar refractivity (Wildman–Crippen MR) is 134 cm³/mol. The number of rotatable bonds is 11. The Morgan fingerprint density at radius 2 is 1.76 bits per heavy atom. The van der Waals surface area contributed by atoms with Gasteiger partial charge in [0.2, 0.25) is 0 Å². The summed E-state index contributed by atoms with van der Waals surface area (Å²) in [6.07, 6.45) is 1.82. The minimum Gasteiger partial charge on any atom is -0.494 e. The first-order valence-corrected chi connectivity index (χ1v) is 11.8. The highest BCUT2D eigenvalue weighted by atomic mass is 35.5. The number of amides is 1. The Hall–Kier alpha value is -3.51. The number of carbonyl (C=O) groups is 1. The quantitative estimate of drug-likeness (QED) is 0.287. The molecule has 7 heteroatoms. The highest BCUT2D eigenvalue weighted by molar-refractivity contribution is 6.31. The average Bonchev–Trinajstić information content (AvgIpc) is 3.21. The van der Waals surface area contributed by atoms with Crippen molar-refractivity contribution in [3.8, 4) is 11.5 Å². The molecule has 0 saturated heterocycles. The van der Waals surface area contributed by atoms with E-state index in [9.17, 15) is 4.79 Å². The largest absolute Gasteiger partial charge is 0.494 e. The molecule has 0 atom stereocenters.